The van der Waals surface area contributed by atoms with E-state index in [2.05, 4.69) is 27.8 Å². The maximum Gasteiger partial charge on any atom is 0.154 e. The van der Waals surface area contributed by atoms with Gasteiger partial charge >= 0.3 is 0 Å². The van der Waals surface area contributed by atoms with Crippen LogP contribution < -0.4 is 14.4 Å². The topological polar surface area (TPSA) is 60.5 Å². The summed E-state index contributed by atoms with van der Waals surface area (Å²) in [6, 6.07) is 18.2. The Morgan fingerprint density at radius 2 is 1.85 bits per heavy atom. The van der Waals surface area contributed by atoms with Gasteiger partial charge in [0.05, 0.1) is 28.0 Å². The van der Waals surface area contributed by atoms with Crippen LogP contribution in [0.1, 0.15) is 58.4 Å². The van der Waals surface area contributed by atoms with Gasteiger partial charge in [0, 0.05) is 35.4 Å². The van der Waals surface area contributed by atoms with Crippen molar-refractivity contribution in [1.82, 2.24) is 9.71 Å². The first-order valence-electron chi connectivity index (χ1n) is 13.9. The number of hydrogen-bond acceptors (Lipinski definition) is 6. The van der Waals surface area contributed by atoms with E-state index in [-0.39, 0.29) is 10.2 Å². The van der Waals surface area contributed by atoms with Crippen LogP contribution in [0.2, 0.25) is 10.0 Å². The summed E-state index contributed by atoms with van der Waals surface area (Å²) in [6.07, 6.45) is 7.56. The van der Waals surface area contributed by atoms with Crippen molar-refractivity contribution in [3.05, 3.63) is 76.4 Å². The predicted molar refractivity (Wildman–Crippen MR) is 168 cm³/mol. The van der Waals surface area contributed by atoms with Gasteiger partial charge in [-0.15, -0.1) is 4.72 Å². The van der Waals surface area contributed by atoms with E-state index in [0.29, 0.717) is 22.7 Å². The fourth-order valence-electron chi connectivity index (χ4n) is 5.61. The van der Waals surface area contributed by atoms with E-state index in [4.69, 9.17) is 32.9 Å². The van der Waals surface area contributed by atoms with Crippen LogP contribution in [0.5, 0.6) is 5.75 Å². The maximum absolute atomic E-state index is 12.9. The minimum atomic E-state index is -1.05. The Bertz CT molecular complexity index is 1300. The van der Waals surface area contributed by atoms with E-state index >= 15 is 0 Å². The Kier molecular flexibility index (Phi) is 9.50. The lowest BCUT2D eigenvalue weighted by atomic mass is 9.74. The third-order valence-corrected chi connectivity index (χ3v) is 11.6. The average molecular weight is 619 g/mol. The molecule has 1 aliphatic carbocycles. The van der Waals surface area contributed by atoms with E-state index in [0.717, 1.165) is 59.3 Å². The summed E-state index contributed by atoms with van der Waals surface area (Å²) in [5.41, 5.74) is 2.36. The number of nitrogens with zero attached hydrogens (tertiary/aromatic N) is 2. The van der Waals surface area contributed by atoms with E-state index < -0.39 is 11.4 Å². The van der Waals surface area contributed by atoms with Crippen molar-refractivity contribution < 1.29 is 9.29 Å². The van der Waals surface area contributed by atoms with Crippen LogP contribution >= 0.6 is 35.0 Å². The Hall–Kier alpha value is -1.61. The molecule has 0 bridgehead atoms. The van der Waals surface area contributed by atoms with E-state index in [1.807, 2.05) is 57.3 Å². The molecule has 1 aliphatic heterocycles. The zero-order valence-electron chi connectivity index (χ0n) is 23.3. The first-order valence-corrected chi connectivity index (χ1v) is 16.6. The van der Waals surface area contributed by atoms with E-state index in [1.165, 1.54) is 24.6 Å². The monoisotopic (exact) mass is 617 g/mol. The Morgan fingerprint density at radius 3 is 2.58 bits per heavy atom. The van der Waals surface area contributed by atoms with Crippen molar-refractivity contribution in [1.29, 1.82) is 0 Å². The van der Waals surface area contributed by atoms with E-state index in [1.54, 1.807) is 6.07 Å². The number of pyridine rings is 1. The molecule has 0 unspecified atom stereocenters. The summed E-state index contributed by atoms with van der Waals surface area (Å²) < 4.78 is 22.5. The van der Waals surface area contributed by atoms with Crippen LogP contribution in [-0.4, -0.2) is 33.4 Å². The molecule has 2 aromatic carbocycles. The summed E-state index contributed by atoms with van der Waals surface area (Å²) >= 11 is 13.2. The van der Waals surface area contributed by atoms with Gasteiger partial charge in [0.15, 0.2) is 5.75 Å². The third kappa shape index (κ3) is 6.88. The number of halogens is 2. The molecular formula is C31H37Cl2N3O2S2. The third-order valence-electron chi connectivity index (χ3n) is 8.00. The SMILES string of the molecule is CC(C)(C)[S@@+]([O-])N[C@@H]1CCCC12CCN(c1cnc(Sc3cccc(Cl)c3Cl)c(OCc3ccccc3)c1)CC2. The molecule has 1 spiro atoms. The normalized spacial score (nSPS) is 19.6. The van der Waals surface area contributed by atoms with Crippen LogP contribution in [0.3, 0.4) is 0 Å². The molecule has 1 saturated heterocycles. The van der Waals surface area contributed by atoms with Crippen LogP contribution in [0, 0.1) is 5.41 Å². The second kappa shape index (κ2) is 12.7. The number of benzene rings is 2. The molecule has 40 heavy (non-hydrogen) atoms. The van der Waals surface area contributed by atoms with Gasteiger partial charge in [-0.1, -0.05) is 77.8 Å². The lowest BCUT2D eigenvalue weighted by molar-refractivity contribution is 0.187. The van der Waals surface area contributed by atoms with Gasteiger partial charge in [-0.3, -0.25) is 0 Å². The highest BCUT2D eigenvalue weighted by Gasteiger charge is 2.47. The average Bonchev–Trinajstić information content (AvgIpc) is 3.32. The van der Waals surface area contributed by atoms with Gasteiger partial charge in [0.25, 0.3) is 0 Å². The van der Waals surface area contributed by atoms with Crippen molar-refractivity contribution in [2.45, 2.75) is 80.2 Å². The number of nitrogens with one attached hydrogen (secondary N) is 1. The lowest BCUT2D eigenvalue weighted by Gasteiger charge is -2.44. The molecule has 1 aromatic heterocycles. The quantitative estimate of drug-likeness (QED) is 0.256. The molecular weight excluding hydrogens is 581 g/mol. The minimum Gasteiger partial charge on any atom is -0.598 e. The number of rotatable bonds is 8. The number of piperidine rings is 1. The van der Waals surface area contributed by atoms with Gasteiger partial charge in [0.2, 0.25) is 0 Å². The molecule has 2 fully saturated rings. The molecule has 3 aromatic rings. The van der Waals surface area contributed by atoms with Crippen molar-refractivity contribution >= 4 is 52.0 Å². The number of hydrogen-bond donors (Lipinski definition) is 1. The summed E-state index contributed by atoms with van der Waals surface area (Å²) in [7, 11) is 0. The molecule has 2 atom stereocenters. The molecule has 1 N–H and O–H groups in total. The largest absolute Gasteiger partial charge is 0.598 e. The molecule has 1 saturated carbocycles. The predicted octanol–water partition coefficient (Wildman–Crippen LogP) is 8.31. The number of anilines is 1. The van der Waals surface area contributed by atoms with Gasteiger partial charge in [-0.25, -0.2) is 4.98 Å². The summed E-state index contributed by atoms with van der Waals surface area (Å²) in [6.45, 7) is 8.43. The maximum atomic E-state index is 12.9. The summed E-state index contributed by atoms with van der Waals surface area (Å²) in [5, 5.41) is 1.79. The molecule has 214 valence electrons. The fraction of sp³-hybridized carbons (Fsp3) is 0.452. The zero-order valence-corrected chi connectivity index (χ0v) is 26.4. The molecule has 5 nitrogen and oxygen atoms in total. The van der Waals surface area contributed by atoms with Crippen LogP contribution in [-0.2, 0) is 18.0 Å². The second-order valence-electron chi connectivity index (χ2n) is 11.7. The highest BCUT2D eigenvalue weighted by atomic mass is 35.5. The smallest absolute Gasteiger partial charge is 0.154 e. The fourth-order valence-corrected chi connectivity index (χ4v) is 7.94. The van der Waals surface area contributed by atoms with Crippen LogP contribution in [0.15, 0.2) is 70.7 Å². The van der Waals surface area contributed by atoms with Gasteiger partial charge in [0.1, 0.15) is 16.4 Å². The van der Waals surface area contributed by atoms with Crippen molar-refractivity contribution in [2.24, 2.45) is 5.41 Å². The summed E-state index contributed by atoms with van der Waals surface area (Å²) in [5.74, 6) is 0.726. The highest BCUT2D eigenvalue weighted by molar-refractivity contribution is 7.99. The van der Waals surface area contributed by atoms with Crippen molar-refractivity contribution in [3.63, 3.8) is 0 Å². The Labute approximate surface area is 255 Å². The Morgan fingerprint density at radius 1 is 1.10 bits per heavy atom. The van der Waals surface area contributed by atoms with Gasteiger partial charge < -0.3 is 14.2 Å². The number of aromatic nitrogens is 1. The van der Waals surface area contributed by atoms with E-state index in [9.17, 15) is 4.55 Å². The summed E-state index contributed by atoms with van der Waals surface area (Å²) in [4.78, 5) is 8.09. The molecule has 0 amide bonds. The minimum absolute atomic E-state index is 0.205. The van der Waals surface area contributed by atoms with Gasteiger partial charge in [-0.05, 0) is 69.6 Å². The zero-order chi connectivity index (χ0) is 28.3. The Balaban J connectivity index is 1.33. The molecule has 5 rings (SSSR count). The van der Waals surface area contributed by atoms with Crippen LogP contribution in [0.4, 0.5) is 5.69 Å². The first-order chi connectivity index (χ1) is 19.1. The number of ether oxygens (including phenoxy) is 1. The van der Waals surface area contributed by atoms with Crippen LogP contribution in [0.25, 0.3) is 0 Å². The molecule has 2 heterocycles. The molecule has 0 radical (unpaired) electrons. The standard InChI is InChI=1S/C31H37Cl2N3O2S2/c1-30(2,3)40(37)35-27-13-8-14-31(27)15-17-36(18-16-31)23-19-25(38-21-22-9-5-4-6-10-22)29(34-20-23)39-26-12-7-11-24(32)28(26)33/h4-7,9-12,19-20,27,35H,8,13-18,21H2,1-3H3/t27-,40-/m1/s1. The molecule has 2 aliphatic rings. The molecule has 9 heteroatoms. The van der Waals surface area contributed by atoms with Crippen molar-refractivity contribution in [3.8, 4) is 5.75 Å². The van der Waals surface area contributed by atoms with Crippen molar-refractivity contribution in [2.75, 3.05) is 18.0 Å². The lowest BCUT2D eigenvalue weighted by Crippen LogP contribution is -2.53. The second-order valence-corrected chi connectivity index (χ2v) is 15.5. The van der Waals surface area contributed by atoms with Gasteiger partial charge in [-0.2, -0.15) is 0 Å². The highest BCUT2D eigenvalue weighted by Crippen LogP contribution is 2.48. The first kappa shape index (κ1) is 29.9.